The van der Waals surface area contributed by atoms with Crippen molar-refractivity contribution in [2.24, 2.45) is 33.9 Å². The number of piperidine rings is 1. The fourth-order valence-corrected chi connectivity index (χ4v) is 8.10. The van der Waals surface area contributed by atoms with Crippen molar-refractivity contribution in [2.75, 3.05) is 25.5 Å². The van der Waals surface area contributed by atoms with Gasteiger partial charge in [-0.15, -0.1) is 5.10 Å². The van der Waals surface area contributed by atoms with Crippen LogP contribution < -0.4 is 10.1 Å². The van der Waals surface area contributed by atoms with Crippen LogP contribution in [0.5, 0.6) is 23.0 Å². The van der Waals surface area contributed by atoms with Gasteiger partial charge in [0.2, 0.25) is 0 Å². The lowest BCUT2D eigenvalue weighted by Crippen LogP contribution is -2.46. The minimum Gasteiger partial charge on any atom is -0.507 e. The average Bonchev–Trinajstić information content (AvgIpc) is 3.48. The summed E-state index contributed by atoms with van der Waals surface area (Å²) in [5.74, 6) is -8.56. The number of hydrogen-bond acceptors (Lipinski definition) is 14. The number of aliphatic hydroxyl groups excluding tert-OH is 2. The van der Waals surface area contributed by atoms with E-state index in [0.717, 1.165) is 38.6 Å². The zero-order valence-corrected chi connectivity index (χ0v) is 35.6. The van der Waals surface area contributed by atoms with Crippen LogP contribution in [0, 0.1) is 30.6 Å². The largest absolute Gasteiger partial charge is 0.507 e. The van der Waals surface area contributed by atoms with Gasteiger partial charge in [-0.25, -0.2) is 0 Å². The third-order valence-electron chi connectivity index (χ3n) is 11.9. The molecule has 6 N–H and O–H groups in total. The van der Waals surface area contributed by atoms with Crippen molar-refractivity contribution >= 4 is 46.7 Å². The summed E-state index contributed by atoms with van der Waals surface area (Å²) in [6.45, 7) is 14.1. The summed E-state index contributed by atoms with van der Waals surface area (Å²) in [5.41, 5.74) is -0.544. The maximum absolute atomic E-state index is 14.4. The average molecular weight is 835 g/mol. The van der Waals surface area contributed by atoms with E-state index in [1.165, 1.54) is 53.2 Å². The molecule has 4 aliphatic rings. The molecule has 2 aromatic carbocycles. The molecule has 0 radical (unpaired) electrons. The van der Waals surface area contributed by atoms with Gasteiger partial charge in [0.15, 0.2) is 5.75 Å². The molecule has 326 valence electrons. The van der Waals surface area contributed by atoms with Crippen molar-refractivity contribution in [1.82, 2.24) is 4.90 Å². The van der Waals surface area contributed by atoms with Crippen LogP contribution in [0.2, 0.25) is 0 Å². The number of carbonyl (C=O) groups is 3. The second kappa shape index (κ2) is 18.9. The van der Waals surface area contributed by atoms with E-state index in [-0.39, 0.29) is 44.5 Å². The molecule has 16 nitrogen and oxygen atoms in total. The number of carbonyl (C=O) groups excluding carboxylic acids is 3. The number of aromatic hydroxyl groups is 3. The van der Waals surface area contributed by atoms with E-state index in [1.54, 1.807) is 46.2 Å². The quantitative estimate of drug-likeness (QED) is 0.0539. The van der Waals surface area contributed by atoms with Gasteiger partial charge >= 0.3 is 11.8 Å². The monoisotopic (exact) mass is 834 g/mol. The molecule has 0 aromatic heterocycles. The number of phenolic OH excluding ortho intramolecular Hbond substituents is 3. The number of likely N-dealkylation sites (tertiary alicyclic amines) is 1. The Balaban J connectivity index is 1.69. The molecule has 1 saturated heterocycles. The van der Waals surface area contributed by atoms with Gasteiger partial charge in [-0.3, -0.25) is 14.4 Å². The predicted molar refractivity (Wildman–Crippen MR) is 225 cm³/mol. The molecular weight excluding hydrogens is 776 g/mol. The summed E-state index contributed by atoms with van der Waals surface area (Å²) in [6.07, 6.45) is 9.29. The number of nitrogens with zero attached hydrogens (tertiary/aromatic N) is 3. The lowest BCUT2D eigenvalue weighted by atomic mass is 9.78. The highest BCUT2D eigenvalue weighted by Gasteiger charge is 2.50. The van der Waals surface area contributed by atoms with E-state index in [9.17, 15) is 39.9 Å². The number of hydrogen-bond donors (Lipinski definition) is 6. The van der Waals surface area contributed by atoms with Gasteiger partial charge in [0.1, 0.15) is 29.7 Å². The van der Waals surface area contributed by atoms with Gasteiger partial charge in [-0.2, -0.15) is 5.10 Å². The van der Waals surface area contributed by atoms with Crippen LogP contribution in [0.4, 0.5) is 5.69 Å². The number of allylic oxidation sites excluding steroid dienone is 2. The summed E-state index contributed by atoms with van der Waals surface area (Å²) in [7, 11) is 1.43. The predicted octanol–water partition coefficient (Wildman–Crippen LogP) is 5.60. The number of phenols is 3. The Bertz CT molecular complexity index is 2120. The number of benzene rings is 2. The van der Waals surface area contributed by atoms with E-state index in [1.807, 2.05) is 4.90 Å². The Morgan fingerprint density at radius 2 is 1.62 bits per heavy atom. The van der Waals surface area contributed by atoms with E-state index >= 15 is 0 Å². The molecule has 1 amide bonds. The van der Waals surface area contributed by atoms with Crippen LogP contribution >= 0.6 is 0 Å². The molecule has 6 rings (SSSR count). The highest BCUT2D eigenvalue weighted by molar-refractivity contribution is 6.23. The number of aliphatic hydroxyl groups is 2. The molecule has 0 aliphatic carbocycles. The van der Waals surface area contributed by atoms with Crippen LogP contribution in [0.25, 0.3) is 10.8 Å². The van der Waals surface area contributed by atoms with Gasteiger partial charge < -0.3 is 54.7 Å². The zero-order valence-electron chi connectivity index (χ0n) is 35.6. The van der Waals surface area contributed by atoms with E-state index in [0.29, 0.717) is 0 Å². The van der Waals surface area contributed by atoms with Gasteiger partial charge in [-0.05, 0) is 39.2 Å². The van der Waals surface area contributed by atoms with Crippen molar-refractivity contribution in [1.29, 1.82) is 0 Å². The molecule has 4 heterocycles. The van der Waals surface area contributed by atoms with Crippen LogP contribution in [0.15, 0.2) is 46.3 Å². The molecule has 9 atom stereocenters. The SMILES string of the molecule is CO[C@H]1/C=C/O[C@@]2(C)Oc3c(C)c(O)c4c(O)c(c(/C=N/N=C/N5CCCCC5)c(O)c4c3C2=O)NC(=O)/C(C)=C/C=C/[C@H](C)[C@H](O)[C@@H](C)[C@@H](O)[C@@H](C)[C@H](OC(C)=O)[C@@H]1C. The molecule has 2 aromatic rings. The Morgan fingerprint density at radius 1 is 0.933 bits per heavy atom. The summed E-state index contributed by atoms with van der Waals surface area (Å²) in [5, 5.41) is 68.6. The van der Waals surface area contributed by atoms with Gasteiger partial charge in [0, 0.05) is 74.2 Å². The number of ether oxygens (including phenoxy) is 4. The van der Waals surface area contributed by atoms with Gasteiger partial charge in [0.05, 0.1) is 53.0 Å². The Hall–Kier alpha value is -5.45. The van der Waals surface area contributed by atoms with E-state index in [2.05, 4.69) is 15.5 Å². The first-order valence-electron chi connectivity index (χ1n) is 20.2. The molecule has 0 spiro atoms. The minimum absolute atomic E-state index is 0.0408. The molecule has 60 heavy (non-hydrogen) atoms. The highest BCUT2D eigenvalue weighted by Crippen LogP contribution is 2.55. The molecule has 0 unspecified atom stereocenters. The van der Waals surface area contributed by atoms with E-state index < -0.39 is 88.8 Å². The Labute approximate surface area is 349 Å². The topological polar surface area (TPSA) is 229 Å². The summed E-state index contributed by atoms with van der Waals surface area (Å²) in [6, 6.07) is 0. The van der Waals surface area contributed by atoms with Crippen LogP contribution in [-0.4, -0.2) is 111 Å². The first-order valence-corrected chi connectivity index (χ1v) is 20.2. The van der Waals surface area contributed by atoms with Crippen molar-refractivity contribution < 1.29 is 58.9 Å². The molecular formula is C44H58N4O12. The first kappa shape index (κ1) is 45.6. The summed E-state index contributed by atoms with van der Waals surface area (Å²) in [4.78, 5) is 42.4. The van der Waals surface area contributed by atoms with Crippen molar-refractivity contribution in [3.05, 3.63) is 52.8 Å². The number of esters is 1. The van der Waals surface area contributed by atoms with E-state index in [4.69, 9.17) is 18.9 Å². The standard InChI is InChI=1S/C44H58N4O12/c1-22-14-13-15-23(2)43(56)47-34-29(20-45-46-21-48-17-11-10-12-18-48)38(53)31-32(39(34)54)37(52)27(6)41-33(31)42(55)44(8,60-41)58-19-16-30(57-9)24(3)40(59-28(7)49)26(5)36(51)25(4)35(22)50/h13-16,19-22,24-26,30,35-36,40,50-54H,10-12,17-18H2,1-9H3,(H,47,56)/b14-13+,19-16+,23-15+,45-20+,46-21+/t22-,24+,25+,26+,30-,35-,36+,40+,44-/m0/s1. The Kier molecular flexibility index (Phi) is 14.3. The first-order chi connectivity index (χ1) is 28.3. The summed E-state index contributed by atoms with van der Waals surface area (Å²) >= 11 is 0. The smallest absolute Gasteiger partial charge is 0.312 e. The van der Waals surface area contributed by atoms with Crippen molar-refractivity contribution in [2.45, 2.75) is 105 Å². The molecule has 0 saturated carbocycles. The summed E-state index contributed by atoms with van der Waals surface area (Å²) < 4.78 is 23.6. The second-order valence-corrected chi connectivity index (χ2v) is 16.2. The molecule has 16 heteroatoms. The third-order valence-corrected chi connectivity index (χ3v) is 11.9. The number of fused-ring (bicyclic) bond motifs is 14. The number of amides is 1. The number of anilines is 1. The van der Waals surface area contributed by atoms with Crippen molar-refractivity contribution in [3.8, 4) is 23.0 Å². The maximum atomic E-state index is 14.4. The fourth-order valence-electron chi connectivity index (χ4n) is 8.10. The number of nitrogens with one attached hydrogen (secondary N) is 1. The van der Waals surface area contributed by atoms with Gasteiger partial charge in [-0.1, -0.05) is 45.9 Å². The lowest BCUT2D eigenvalue weighted by molar-refractivity contribution is -0.160. The zero-order chi connectivity index (χ0) is 44.2. The third kappa shape index (κ3) is 9.15. The van der Waals surface area contributed by atoms with Crippen LogP contribution in [0.3, 0.4) is 0 Å². The van der Waals surface area contributed by atoms with Crippen molar-refractivity contribution in [3.63, 3.8) is 0 Å². The number of rotatable bonds is 5. The van der Waals surface area contributed by atoms with Crippen LogP contribution in [0.1, 0.15) is 89.2 Å². The Morgan fingerprint density at radius 3 is 2.27 bits per heavy atom. The maximum Gasteiger partial charge on any atom is 0.312 e. The lowest BCUT2D eigenvalue weighted by Gasteiger charge is -2.38. The number of ketones is 1. The van der Waals surface area contributed by atoms with Gasteiger partial charge in [0.25, 0.3) is 11.7 Å². The number of methoxy groups -OCH3 is 1. The second-order valence-electron chi connectivity index (χ2n) is 16.2. The normalized spacial score (nSPS) is 31.5. The minimum atomic E-state index is -2.06. The number of Topliss-reactive ketones (excluding diaryl/α,β-unsaturated/α-hetero) is 1. The molecule has 4 aliphatic heterocycles. The van der Waals surface area contributed by atoms with Crippen LogP contribution in [-0.2, 0) is 23.8 Å². The molecule has 1 fully saturated rings. The fraction of sp³-hybridized carbons (Fsp3) is 0.523. The highest BCUT2D eigenvalue weighted by atomic mass is 16.7. The molecule has 5 bridgehead atoms.